The number of rotatable bonds is 8. The van der Waals surface area contributed by atoms with Crippen molar-refractivity contribution in [1.29, 1.82) is 0 Å². The van der Waals surface area contributed by atoms with Crippen LogP contribution in [-0.4, -0.2) is 23.7 Å². The van der Waals surface area contributed by atoms with Gasteiger partial charge in [-0.15, -0.1) is 12.4 Å². The van der Waals surface area contributed by atoms with Gasteiger partial charge in [-0.3, -0.25) is 4.79 Å². The van der Waals surface area contributed by atoms with Crippen LogP contribution in [0.4, 0.5) is 11.4 Å². The first kappa shape index (κ1) is 26.1. The third kappa shape index (κ3) is 4.86. The zero-order chi connectivity index (χ0) is 25.4. The average Bonchev–Trinajstić information content (AvgIpc) is 3.75. The molecule has 38 heavy (non-hydrogen) atoms. The van der Waals surface area contributed by atoms with Crippen LogP contribution in [0.25, 0.3) is 10.8 Å². The molecule has 2 atom stereocenters. The second-order valence-corrected chi connectivity index (χ2v) is 10.7. The lowest BCUT2D eigenvalue weighted by molar-refractivity contribution is -0.140. The molecular weight excluding hydrogens is 494 g/mol. The third-order valence-corrected chi connectivity index (χ3v) is 8.22. The minimum atomic E-state index is -0.717. The summed E-state index contributed by atoms with van der Waals surface area (Å²) in [6.07, 6.45) is 4.65. The number of hydrogen-bond donors (Lipinski definition) is 1. The highest BCUT2D eigenvalue weighted by Crippen LogP contribution is 2.50. The number of carbonyl (C=O) groups is 1. The van der Waals surface area contributed by atoms with Crippen LogP contribution >= 0.6 is 12.4 Å². The van der Waals surface area contributed by atoms with Crippen molar-refractivity contribution in [2.75, 3.05) is 11.4 Å². The quantitative estimate of drug-likeness (QED) is 0.250. The monoisotopic (exact) mass is 527 g/mol. The van der Waals surface area contributed by atoms with Gasteiger partial charge in [0.1, 0.15) is 11.9 Å². The summed E-state index contributed by atoms with van der Waals surface area (Å²) in [6.45, 7) is 3.08. The van der Waals surface area contributed by atoms with E-state index in [1.54, 1.807) is 0 Å². The lowest BCUT2D eigenvalue weighted by atomic mass is 9.90. The first-order valence-electron chi connectivity index (χ1n) is 13.4. The number of carboxylic acids is 1. The van der Waals surface area contributed by atoms with Gasteiger partial charge >= 0.3 is 5.97 Å². The molecule has 0 radical (unpaired) electrons. The molecule has 1 N–H and O–H groups in total. The molecule has 4 aromatic rings. The second-order valence-electron chi connectivity index (χ2n) is 10.7. The number of fused-ring (bicyclic) bond motifs is 2. The van der Waals surface area contributed by atoms with Crippen molar-refractivity contribution in [3.8, 4) is 5.75 Å². The number of carboxylic acid groups (broad SMARTS) is 1. The van der Waals surface area contributed by atoms with E-state index in [0.717, 1.165) is 48.5 Å². The SMILES string of the molecule is C[C@@H](CCCC1CN(c2cccc(C3(C(=O)O)CC3)c2)c2ccccc2O1)c1cccc2ccccc12.Cl. The number of para-hydroxylation sites is 2. The molecule has 2 aliphatic rings. The molecule has 196 valence electrons. The molecule has 0 bridgehead atoms. The predicted octanol–water partition coefficient (Wildman–Crippen LogP) is 8.25. The molecule has 1 aliphatic heterocycles. The van der Waals surface area contributed by atoms with Crippen molar-refractivity contribution < 1.29 is 14.6 Å². The second kappa shape index (κ2) is 10.7. The number of nitrogens with zero attached hydrogens (tertiary/aromatic N) is 1. The lowest BCUT2D eigenvalue weighted by Crippen LogP contribution is -2.37. The highest BCUT2D eigenvalue weighted by atomic mass is 35.5. The van der Waals surface area contributed by atoms with Crippen LogP contribution in [-0.2, 0) is 10.2 Å². The Kier molecular flexibility index (Phi) is 7.36. The van der Waals surface area contributed by atoms with Gasteiger partial charge in [-0.1, -0.05) is 73.7 Å². The van der Waals surface area contributed by atoms with E-state index in [-0.39, 0.29) is 18.5 Å². The number of hydrogen-bond acceptors (Lipinski definition) is 3. The zero-order valence-corrected chi connectivity index (χ0v) is 22.5. The van der Waals surface area contributed by atoms with Gasteiger partial charge < -0.3 is 14.7 Å². The van der Waals surface area contributed by atoms with Crippen LogP contribution in [0.15, 0.2) is 91.0 Å². The third-order valence-electron chi connectivity index (χ3n) is 8.22. The standard InChI is InChI=1S/C33H33NO3.ClH/c1-23(28-16-7-11-24-10-2-3-15-29(24)28)9-6-14-27-22-34(30-17-4-5-18-31(30)37-27)26-13-8-12-25(21-26)33(19-20-33)32(35)36;/h2-5,7-8,10-13,15-18,21,23,27H,6,9,14,19-20,22H2,1H3,(H,35,36);1H/t23-,27?;/m0./s1. The number of anilines is 2. The fraction of sp³-hybridized carbons (Fsp3) is 0.303. The number of aliphatic carboxylic acids is 1. The van der Waals surface area contributed by atoms with Crippen LogP contribution in [0.5, 0.6) is 5.75 Å². The Labute approximate surface area is 230 Å². The van der Waals surface area contributed by atoms with Crippen LogP contribution in [0, 0.1) is 0 Å². The van der Waals surface area contributed by atoms with Gasteiger partial charge in [-0.2, -0.15) is 0 Å². The van der Waals surface area contributed by atoms with Gasteiger partial charge in [0, 0.05) is 5.69 Å². The maximum atomic E-state index is 11.9. The molecule has 4 aromatic carbocycles. The summed E-state index contributed by atoms with van der Waals surface area (Å²) in [4.78, 5) is 14.2. The van der Waals surface area contributed by atoms with Gasteiger partial charge in [-0.25, -0.2) is 0 Å². The van der Waals surface area contributed by atoms with Crippen molar-refractivity contribution in [3.05, 3.63) is 102 Å². The largest absolute Gasteiger partial charge is 0.486 e. The molecule has 1 aliphatic carbocycles. The highest BCUT2D eigenvalue weighted by molar-refractivity contribution is 5.87. The molecule has 0 aromatic heterocycles. The van der Waals surface area contributed by atoms with Crippen molar-refractivity contribution in [2.24, 2.45) is 0 Å². The summed E-state index contributed by atoms with van der Waals surface area (Å²) < 4.78 is 6.45. The molecule has 1 unspecified atom stereocenters. The van der Waals surface area contributed by atoms with E-state index in [4.69, 9.17) is 4.74 Å². The topological polar surface area (TPSA) is 49.8 Å². The smallest absolute Gasteiger partial charge is 0.314 e. The van der Waals surface area contributed by atoms with Crippen LogP contribution < -0.4 is 9.64 Å². The Hall–Kier alpha value is -3.50. The van der Waals surface area contributed by atoms with Crippen molar-refractivity contribution in [1.82, 2.24) is 0 Å². The Bertz CT molecular complexity index is 1440. The fourth-order valence-electron chi connectivity index (χ4n) is 5.90. The van der Waals surface area contributed by atoms with Crippen molar-refractivity contribution >= 4 is 40.5 Å². The maximum Gasteiger partial charge on any atom is 0.314 e. The lowest BCUT2D eigenvalue weighted by Gasteiger charge is -2.37. The zero-order valence-electron chi connectivity index (χ0n) is 21.7. The molecular formula is C33H34ClNO3. The number of halogens is 1. The van der Waals surface area contributed by atoms with Gasteiger partial charge in [0.05, 0.1) is 17.6 Å². The predicted molar refractivity (Wildman–Crippen MR) is 156 cm³/mol. The number of benzene rings is 4. The summed E-state index contributed by atoms with van der Waals surface area (Å²) in [5.74, 6) is 0.649. The van der Waals surface area contributed by atoms with Crippen LogP contribution in [0.1, 0.15) is 56.1 Å². The van der Waals surface area contributed by atoms with Gasteiger partial charge in [0.15, 0.2) is 0 Å². The van der Waals surface area contributed by atoms with E-state index in [1.807, 2.05) is 30.3 Å². The molecule has 5 heteroatoms. The summed E-state index contributed by atoms with van der Waals surface area (Å²) in [7, 11) is 0. The Morgan fingerprint density at radius 1 is 1.00 bits per heavy atom. The molecule has 1 fully saturated rings. The fourth-order valence-corrected chi connectivity index (χ4v) is 5.90. The summed E-state index contributed by atoms with van der Waals surface area (Å²) in [5, 5.41) is 12.5. The maximum absolute atomic E-state index is 11.9. The van der Waals surface area contributed by atoms with E-state index in [1.165, 1.54) is 16.3 Å². The van der Waals surface area contributed by atoms with E-state index >= 15 is 0 Å². The molecule has 1 saturated carbocycles. The van der Waals surface area contributed by atoms with Gasteiger partial charge in [0.2, 0.25) is 0 Å². The van der Waals surface area contributed by atoms with E-state index in [2.05, 4.69) is 72.5 Å². The van der Waals surface area contributed by atoms with Crippen LogP contribution in [0.2, 0.25) is 0 Å². The Balaban J connectivity index is 0.00000294. The highest BCUT2D eigenvalue weighted by Gasteiger charge is 2.51. The number of ether oxygens (including phenoxy) is 1. The molecule has 4 nitrogen and oxygen atoms in total. The summed E-state index contributed by atoms with van der Waals surface area (Å²) in [5.41, 5.74) is 3.69. The van der Waals surface area contributed by atoms with Crippen LogP contribution in [0.3, 0.4) is 0 Å². The van der Waals surface area contributed by atoms with E-state index in [0.29, 0.717) is 18.8 Å². The van der Waals surface area contributed by atoms with Gasteiger partial charge in [0.25, 0.3) is 0 Å². The normalized spacial score (nSPS) is 18.1. The Morgan fingerprint density at radius 2 is 1.74 bits per heavy atom. The average molecular weight is 528 g/mol. The molecule has 1 heterocycles. The van der Waals surface area contributed by atoms with Crippen molar-refractivity contribution in [3.63, 3.8) is 0 Å². The van der Waals surface area contributed by atoms with E-state index < -0.39 is 11.4 Å². The van der Waals surface area contributed by atoms with Gasteiger partial charge in [-0.05, 0) is 84.2 Å². The minimum Gasteiger partial charge on any atom is -0.486 e. The molecule has 6 rings (SSSR count). The minimum absolute atomic E-state index is 0. The molecule has 0 amide bonds. The summed E-state index contributed by atoms with van der Waals surface area (Å²) >= 11 is 0. The van der Waals surface area contributed by atoms with Crippen molar-refractivity contribution in [2.45, 2.75) is 56.5 Å². The molecule has 0 spiro atoms. The Morgan fingerprint density at radius 3 is 2.55 bits per heavy atom. The van der Waals surface area contributed by atoms with E-state index in [9.17, 15) is 9.90 Å². The molecule has 0 saturated heterocycles. The first-order valence-corrected chi connectivity index (χ1v) is 13.4. The summed E-state index contributed by atoms with van der Waals surface area (Å²) in [6, 6.07) is 31.5. The first-order chi connectivity index (χ1) is 18.0.